The van der Waals surface area contributed by atoms with Gasteiger partial charge in [0.15, 0.2) is 0 Å². The van der Waals surface area contributed by atoms with Gasteiger partial charge >= 0.3 is 0 Å². The number of nitrogens with one attached hydrogen (secondary N) is 2. The van der Waals surface area contributed by atoms with Crippen LogP contribution in [-0.4, -0.2) is 25.0 Å². The Morgan fingerprint density at radius 1 is 1.50 bits per heavy atom. The van der Waals surface area contributed by atoms with Crippen molar-refractivity contribution in [2.45, 2.75) is 45.1 Å². The van der Waals surface area contributed by atoms with Gasteiger partial charge in [-0.25, -0.2) is 0 Å². The molecule has 1 heterocycles. The van der Waals surface area contributed by atoms with Crippen LogP contribution in [0.25, 0.3) is 0 Å². The molecule has 2 fully saturated rings. The molecule has 0 aromatic carbocycles. The lowest BCUT2D eigenvalue weighted by Crippen LogP contribution is -2.46. The molecule has 2 aliphatic rings. The second-order valence-electron chi connectivity index (χ2n) is 5.03. The zero-order valence-electron chi connectivity index (χ0n) is 8.94. The first-order chi connectivity index (χ1) is 6.70. The van der Waals surface area contributed by atoms with Gasteiger partial charge in [0.2, 0.25) is 5.91 Å². The largest absolute Gasteiger partial charge is 0.354 e. The van der Waals surface area contributed by atoms with E-state index in [2.05, 4.69) is 17.6 Å². The molecule has 0 bridgehead atoms. The second-order valence-corrected chi connectivity index (χ2v) is 5.03. The van der Waals surface area contributed by atoms with Gasteiger partial charge in [0.05, 0.1) is 6.04 Å². The van der Waals surface area contributed by atoms with E-state index in [1.807, 2.05) is 0 Å². The Kier molecular flexibility index (Phi) is 2.77. The van der Waals surface area contributed by atoms with Crippen molar-refractivity contribution in [3.63, 3.8) is 0 Å². The molecule has 1 amide bonds. The van der Waals surface area contributed by atoms with Crippen molar-refractivity contribution in [3.05, 3.63) is 0 Å². The SMILES string of the molecule is CC1(CNC(=O)C2CCCN2)CCC1. The van der Waals surface area contributed by atoms with E-state index in [1.54, 1.807) is 0 Å². The summed E-state index contributed by atoms with van der Waals surface area (Å²) in [6.07, 6.45) is 6.00. The van der Waals surface area contributed by atoms with E-state index < -0.39 is 0 Å². The topological polar surface area (TPSA) is 41.1 Å². The average Bonchev–Trinajstić information content (AvgIpc) is 2.63. The molecule has 0 aromatic heterocycles. The third-order valence-electron chi connectivity index (χ3n) is 3.63. The molecule has 0 radical (unpaired) electrons. The molecule has 2 N–H and O–H groups in total. The molecule has 1 atom stereocenters. The number of carbonyl (C=O) groups is 1. The summed E-state index contributed by atoms with van der Waals surface area (Å²) < 4.78 is 0. The third-order valence-corrected chi connectivity index (χ3v) is 3.63. The van der Waals surface area contributed by atoms with Crippen molar-refractivity contribution in [1.82, 2.24) is 10.6 Å². The standard InChI is InChI=1S/C11H20N2O/c1-11(5-3-6-11)8-13-10(14)9-4-2-7-12-9/h9,12H,2-8H2,1H3,(H,13,14). The van der Waals surface area contributed by atoms with E-state index in [1.165, 1.54) is 19.3 Å². The molecule has 1 saturated carbocycles. The van der Waals surface area contributed by atoms with E-state index in [0.717, 1.165) is 25.9 Å². The van der Waals surface area contributed by atoms with E-state index >= 15 is 0 Å². The summed E-state index contributed by atoms with van der Waals surface area (Å²) in [6, 6.07) is 0.0821. The van der Waals surface area contributed by atoms with Crippen LogP contribution in [0.4, 0.5) is 0 Å². The van der Waals surface area contributed by atoms with Crippen LogP contribution < -0.4 is 10.6 Å². The van der Waals surface area contributed by atoms with Gasteiger partial charge in [-0.15, -0.1) is 0 Å². The summed E-state index contributed by atoms with van der Waals surface area (Å²) in [4.78, 5) is 11.7. The summed E-state index contributed by atoms with van der Waals surface area (Å²) >= 11 is 0. The maximum Gasteiger partial charge on any atom is 0.237 e. The first-order valence-corrected chi connectivity index (χ1v) is 5.71. The van der Waals surface area contributed by atoms with Crippen LogP contribution in [0.15, 0.2) is 0 Å². The summed E-state index contributed by atoms with van der Waals surface area (Å²) in [5.41, 5.74) is 0.397. The lowest BCUT2D eigenvalue weighted by atomic mass is 9.70. The molecule has 1 aliphatic heterocycles. The third kappa shape index (κ3) is 2.08. The summed E-state index contributed by atoms with van der Waals surface area (Å²) in [6.45, 7) is 4.12. The lowest BCUT2D eigenvalue weighted by Gasteiger charge is -2.38. The number of rotatable bonds is 3. The van der Waals surface area contributed by atoms with Gasteiger partial charge in [-0.3, -0.25) is 4.79 Å². The second kappa shape index (κ2) is 3.89. The molecule has 80 valence electrons. The molecule has 0 spiro atoms. The fourth-order valence-corrected chi connectivity index (χ4v) is 2.29. The van der Waals surface area contributed by atoms with Crippen molar-refractivity contribution in [2.24, 2.45) is 5.41 Å². The van der Waals surface area contributed by atoms with E-state index in [0.29, 0.717) is 5.41 Å². The molecular formula is C11H20N2O. The van der Waals surface area contributed by atoms with Gasteiger partial charge in [-0.1, -0.05) is 13.3 Å². The van der Waals surface area contributed by atoms with Crippen LogP contribution >= 0.6 is 0 Å². The smallest absolute Gasteiger partial charge is 0.237 e. The number of hydrogen-bond acceptors (Lipinski definition) is 2. The molecule has 0 aromatic rings. The molecule has 1 saturated heterocycles. The van der Waals surface area contributed by atoms with Crippen molar-refractivity contribution in [3.8, 4) is 0 Å². The highest BCUT2D eigenvalue weighted by Crippen LogP contribution is 2.39. The Morgan fingerprint density at radius 2 is 2.29 bits per heavy atom. The first-order valence-electron chi connectivity index (χ1n) is 5.71. The maximum atomic E-state index is 11.7. The van der Waals surface area contributed by atoms with Gasteiger partial charge in [0.25, 0.3) is 0 Å². The fourth-order valence-electron chi connectivity index (χ4n) is 2.29. The minimum atomic E-state index is 0.0821. The average molecular weight is 196 g/mol. The Morgan fingerprint density at radius 3 is 2.79 bits per heavy atom. The van der Waals surface area contributed by atoms with Crippen molar-refractivity contribution in [2.75, 3.05) is 13.1 Å². The van der Waals surface area contributed by atoms with Crippen LogP contribution in [-0.2, 0) is 4.79 Å². The Bertz CT molecular complexity index is 217. The van der Waals surface area contributed by atoms with Crippen LogP contribution in [0.1, 0.15) is 39.0 Å². The van der Waals surface area contributed by atoms with Gasteiger partial charge in [-0.2, -0.15) is 0 Å². The normalized spacial score (nSPS) is 29.6. The quantitative estimate of drug-likeness (QED) is 0.708. The first kappa shape index (κ1) is 9.97. The summed E-state index contributed by atoms with van der Waals surface area (Å²) in [5, 5.41) is 6.28. The molecule has 3 nitrogen and oxygen atoms in total. The summed E-state index contributed by atoms with van der Waals surface area (Å²) in [7, 11) is 0. The predicted octanol–water partition coefficient (Wildman–Crippen LogP) is 1.04. The zero-order chi connectivity index (χ0) is 10.0. The van der Waals surface area contributed by atoms with Crippen LogP contribution in [0, 0.1) is 5.41 Å². The molecule has 14 heavy (non-hydrogen) atoms. The summed E-state index contributed by atoms with van der Waals surface area (Å²) in [5.74, 6) is 0.204. The van der Waals surface area contributed by atoms with E-state index in [9.17, 15) is 4.79 Å². The molecule has 1 unspecified atom stereocenters. The Labute approximate surface area is 85.6 Å². The minimum Gasteiger partial charge on any atom is -0.354 e. The van der Waals surface area contributed by atoms with E-state index in [-0.39, 0.29) is 11.9 Å². The van der Waals surface area contributed by atoms with Gasteiger partial charge < -0.3 is 10.6 Å². The van der Waals surface area contributed by atoms with Crippen molar-refractivity contribution < 1.29 is 4.79 Å². The van der Waals surface area contributed by atoms with Crippen LogP contribution in [0.3, 0.4) is 0 Å². The highest BCUT2D eigenvalue weighted by molar-refractivity contribution is 5.82. The molecule has 3 heteroatoms. The maximum absolute atomic E-state index is 11.7. The monoisotopic (exact) mass is 196 g/mol. The Hall–Kier alpha value is -0.570. The molecule has 1 aliphatic carbocycles. The molecule has 2 rings (SSSR count). The van der Waals surface area contributed by atoms with Crippen molar-refractivity contribution >= 4 is 5.91 Å². The number of amides is 1. The number of carbonyl (C=O) groups excluding carboxylic acids is 1. The van der Waals surface area contributed by atoms with Crippen LogP contribution in [0.2, 0.25) is 0 Å². The van der Waals surface area contributed by atoms with Crippen LogP contribution in [0.5, 0.6) is 0 Å². The van der Waals surface area contributed by atoms with Gasteiger partial charge in [0.1, 0.15) is 0 Å². The molecular weight excluding hydrogens is 176 g/mol. The van der Waals surface area contributed by atoms with Gasteiger partial charge in [0, 0.05) is 6.54 Å². The lowest BCUT2D eigenvalue weighted by molar-refractivity contribution is -0.123. The predicted molar refractivity (Wildman–Crippen MR) is 56.0 cm³/mol. The minimum absolute atomic E-state index is 0.0821. The van der Waals surface area contributed by atoms with Crippen molar-refractivity contribution in [1.29, 1.82) is 0 Å². The zero-order valence-corrected chi connectivity index (χ0v) is 8.94. The number of hydrogen-bond donors (Lipinski definition) is 2. The highest BCUT2D eigenvalue weighted by Gasteiger charge is 2.32. The Balaban J connectivity index is 1.71. The fraction of sp³-hybridized carbons (Fsp3) is 0.909. The van der Waals surface area contributed by atoms with E-state index in [4.69, 9.17) is 0 Å². The van der Waals surface area contributed by atoms with Gasteiger partial charge in [-0.05, 0) is 37.6 Å². The highest BCUT2D eigenvalue weighted by atomic mass is 16.2.